The molecular formula is C21H31N3. The van der Waals surface area contributed by atoms with Crippen molar-refractivity contribution < 1.29 is 0 Å². The smallest absolute Gasteiger partial charge is 0.0681 e. The molecule has 2 atom stereocenters. The highest BCUT2D eigenvalue weighted by molar-refractivity contribution is 5.30. The highest BCUT2D eigenvalue weighted by Crippen LogP contribution is 2.40. The number of likely N-dealkylation sites (N-methyl/N-ethyl adjacent to an activating group) is 1. The van der Waals surface area contributed by atoms with Gasteiger partial charge in [-0.25, -0.2) is 0 Å². The van der Waals surface area contributed by atoms with Gasteiger partial charge in [0, 0.05) is 42.1 Å². The van der Waals surface area contributed by atoms with E-state index in [1.807, 2.05) is 0 Å². The van der Waals surface area contributed by atoms with Gasteiger partial charge in [-0.05, 0) is 32.5 Å². The molecule has 1 fully saturated rings. The molecule has 0 N–H and O–H groups in total. The summed E-state index contributed by atoms with van der Waals surface area (Å²) >= 11 is 0. The number of likely N-dealkylation sites (tertiary alicyclic amines) is 1. The molecule has 1 aromatic carbocycles. The second kappa shape index (κ2) is 6.36. The first-order chi connectivity index (χ1) is 11.3. The van der Waals surface area contributed by atoms with E-state index < -0.39 is 0 Å². The van der Waals surface area contributed by atoms with E-state index >= 15 is 0 Å². The topological polar surface area (TPSA) is 21.1 Å². The summed E-state index contributed by atoms with van der Waals surface area (Å²) in [5.41, 5.74) is 4.13. The summed E-state index contributed by atoms with van der Waals surface area (Å²) in [6.45, 7) is 13.4. The quantitative estimate of drug-likeness (QED) is 0.824. The number of rotatable bonds is 3. The van der Waals surface area contributed by atoms with Crippen molar-refractivity contribution in [2.75, 3.05) is 20.1 Å². The number of aromatic nitrogens is 2. The summed E-state index contributed by atoms with van der Waals surface area (Å²) in [6.07, 6.45) is 0. The fourth-order valence-electron chi connectivity index (χ4n) is 3.80. The molecule has 0 saturated carbocycles. The summed E-state index contributed by atoms with van der Waals surface area (Å²) in [6, 6.07) is 13.7. The van der Waals surface area contributed by atoms with Crippen LogP contribution in [0.3, 0.4) is 0 Å². The maximum atomic E-state index is 4.98. The molecule has 1 aliphatic heterocycles. The van der Waals surface area contributed by atoms with Crippen molar-refractivity contribution in [3.05, 3.63) is 53.3 Å². The first-order valence-corrected chi connectivity index (χ1v) is 9.10. The second-order valence-corrected chi connectivity index (χ2v) is 8.59. The van der Waals surface area contributed by atoms with Gasteiger partial charge in [-0.1, -0.05) is 51.1 Å². The van der Waals surface area contributed by atoms with E-state index in [9.17, 15) is 0 Å². The standard InChI is InChI=1S/C21H31N3/c1-15(2)24-19(12-20(22-24)21(3,4)5)18-14-23(6)13-17(18)16-10-8-7-9-11-16/h7-12,15,17-18H,13-14H2,1-6H3. The molecule has 2 aromatic rings. The van der Waals surface area contributed by atoms with Gasteiger partial charge in [0.1, 0.15) is 0 Å². The highest BCUT2D eigenvalue weighted by Gasteiger charge is 2.36. The predicted molar refractivity (Wildman–Crippen MR) is 101 cm³/mol. The third-order valence-electron chi connectivity index (χ3n) is 5.13. The summed E-state index contributed by atoms with van der Waals surface area (Å²) in [7, 11) is 2.23. The van der Waals surface area contributed by atoms with Crippen molar-refractivity contribution in [3.63, 3.8) is 0 Å². The van der Waals surface area contributed by atoms with Crippen LogP contribution in [0.5, 0.6) is 0 Å². The minimum Gasteiger partial charge on any atom is -0.305 e. The van der Waals surface area contributed by atoms with Crippen molar-refractivity contribution >= 4 is 0 Å². The highest BCUT2D eigenvalue weighted by atomic mass is 15.3. The van der Waals surface area contributed by atoms with Crippen LogP contribution in [0.2, 0.25) is 0 Å². The average Bonchev–Trinajstić information content (AvgIpc) is 3.11. The van der Waals surface area contributed by atoms with Gasteiger partial charge in [0.05, 0.1) is 5.69 Å². The Kier molecular flexibility index (Phi) is 4.56. The molecule has 2 unspecified atom stereocenters. The largest absolute Gasteiger partial charge is 0.305 e. The summed E-state index contributed by atoms with van der Waals surface area (Å²) in [5, 5.41) is 4.98. The lowest BCUT2D eigenvalue weighted by Crippen LogP contribution is -2.17. The maximum absolute atomic E-state index is 4.98. The maximum Gasteiger partial charge on any atom is 0.0681 e. The molecule has 1 aliphatic rings. The number of nitrogens with zero attached hydrogens (tertiary/aromatic N) is 3. The fraction of sp³-hybridized carbons (Fsp3) is 0.571. The van der Waals surface area contributed by atoms with Gasteiger partial charge in [0.2, 0.25) is 0 Å². The second-order valence-electron chi connectivity index (χ2n) is 8.59. The van der Waals surface area contributed by atoms with Crippen LogP contribution in [0.25, 0.3) is 0 Å². The molecule has 0 bridgehead atoms. The zero-order valence-corrected chi connectivity index (χ0v) is 16.0. The van der Waals surface area contributed by atoms with Crippen molar-refractivity contribution in [2.24, 2.45) is 0 Å². The predicted octanol–water partition coefficient (Wildman–Crippen LogP) is 4.57. The van der Waals surface area contributed by atoms with E-state index in [-0.39, 0.29) is 5.41 Å². The van der Waals surface area contributed by atoms with Crippen LogP contribution < -0.4 is 0 Å². The Morgan fingerprint density at radius 1 is 1.04 bits per heavy atom. The molecule has 3 rings (SSSR count). The van der Waals surface area contributed by atoms with Crippen LogP contribution in [0, 0.1) is 0 Å². The normalized spacial score (nSPS) is 22.5. The lowest BCUT2D eigenvalue weighted by molar-refractivity contribution is 0.402. The van der Waals surface area contributed by atoms with E-state index in [0.717, 1.165) is 13.1 Å². The molecule has 3 nitrogen and oxygen atoms in total. The van der Waals surface area contributed by atoms with Crippen LogP contribution in [0.15, 0.2) is 36.4 Å². The van der Waals surface area contributed by atoms with Gasteiger partial charge in [-0.2, -0.15) is 5.10 Å². The van der Waals surface area contributed by atoms with Crippen LogP contribution in [-0.2, 0) is 5.41 Å². The van der Waals surface area contributed by atoms with E-state index in [4.69, 9.17) is 5.10 Å². The molecule has 24 heavy (non-hydrogen) atoms. The molecule has 0 radical (unpaired) electrons. The van der Waals surface area contributed by atoms with E-state index in [1.54, 1.807) is 0 Å². The molecule has 0 aliphatic carbocycles. The van der Waals surface area contributed by atoms with Crippen LogP contribution in [-0.4, -0.2) is 34.8 Å². The minimum atomic E-state index is 0.0850. The molecule has 0 amide bonds. The Morgan fingerprint density at radius 3 is 2.25 bits per heavy atom. The first kappa shape index (κ1) is 17.2. The Labute approximate surface area is 146 Å². The average molecular weight is 326 g/mol. The van der Waals surface area contributed by atoms with Crippen LogP contribution in [0.4, 0.5) is 0 Å². The van der Waals surface area contributed by atoms with Crippen molar-refractivity contribution in [2.45, 2.75) is 57.9 Å². The Morgan fingerprint density at radius 2 is 1.67 bits per heavy atom. The Hall–Kier alpha value is -1.61. The fourth-order valence-corrected chi connectivity index (χ4v) is 3.80. The van der Waals surface area contributed by atoms with Gasteiger partial charge in [0.15, 0.2) is 0 Å². The molecule has 1 aromatic heterocycles. The van der Waals surface area contributed by atoms with Crippen molar-refractivity contribution in [1.82, 2.24) is 14.7 Å². The summed E-state index contributed by atoms with van der Waals surface area (Å²) in [4.78, 5) is 2.46. The molecule has 3 heteroatoms. The van der Waals surface area contributed by atoms with Gasteiger partial charge < -0.3 is 4.90 Å². The first-order valence-electron chi connectivity index (χ1n) is 9.10. The van der Waals surface area contributed by atoms with Gasteiger partial charge in [-0.15, -0.1) is 0 Å². The minimum absolute atomic E-state index is 0.0850. The molecular weight excluding hydrogens is 294 g/mol. The lowest BCUT2D eigenvalue weighted by atomic mass is 9.85. The third-order valence-corrected chi connectivity index (χ3v) is 5.13. The number of hydrogen-bond acceptors (Lipinski definition) is 2. The van der Waals surface area contributed by atoms with E-state index in [0.29, 0.717) is 17.9 Å². The lowest BCUT2D eigenvalue weighted by Gasteiger charge is -2.21. The Bertz CT molecular complexity index is 679. The molecule has 1 saturated heterocycles. The van der Waals surface area contributed by atoms with Gasteiger partial charge in [0.25, 0.3) is 0 Å². The molecule has 2 heterocycles. The monoisotopic (exact) mass is 325 g/mol. The van der Waals surface area contributed by atoms with E-state index in [1.165, 1.54) is 17.0 Å². The van der Waals surface area contributed by atoms with Crippen LogP contribution in [0.1, 0.15) is 69.4 Å². The summed E-state index contributed by atoms with van der Waals surface area (Å²) < 4.78 is 2.26. The molecule has 130 valence electrons. The number of hydrogen-bond donors (Lipinski definition) is 0. The number of benzene rings is 1. The van der Waals surface area contributed by atoms with Gasteiger partial charge >= 0.3 is 0 Å². The zero-order chi connectivity index (χ0) is 17.5. The zero-order valence-electron chi connectivity index (χ0n) is 16.0. The SMILES string of the molecule is CC(C)n1nc(C(C)(C)C)cc1C1CN(C)CC1c1ccccc1. The van der Waals surface area contributed by atoms with E-state index in [2.05, 4.69) is 87.6 Å². The van der Waals surface area contributed by atoms with Crippen LogP contribution >= 0.6 is 0 Å². The third kappa shape index (κ3) is 3.27. The van der Waals surface area contributed by atoms with Crippen molar-refractivity contribution in [1.29, 1.82) is 0 Å². The molecule has 0 spiro atoms. The van der Waals surface area contributed by atoms with Crippen molar-refractivity contribution in [3.8, 4) is 0 Å². The van der Waals surface area contributed by atoms with Gasteiger partial charge in [-0.3, -0.25) is 4.68 Å². The summed E-state index contributed by atoms with van der Waals surface area (Å²) in [5.74, 6) is 1.04. The Balaban J connectivity index is 2.04.